The van der Waals surface area contributed by atoms with Gasteiger partial charge in [-0.05, 0) is 13.3 Å². The Bertz CT molecular complexity index is 260. The molecule has 0 aliphatic heterocycles. The molecule has 1 aromatic heterocycles. The van der Waals surface area contributed by atoms with Gasteiger partial charge in [-0.3, -0.25) is 0 Å². The SMILES string of the molecule is CCc1sc(NCCOC)nc1C. The highest BCUT2D eigenvalue weighted by molar-refractivity contribution is 7.15. The van der Waals surface area contributed by atoms with E-state index in [0.717, 1.165) is 30.4 Å². The van der Waals surface area contributed by atoms with Crippen molar-refractivity contribution in [3.8, 4) is 0 Å². The number of aromatic nitrogens is 1. The third-order valence-corrected chi connectivity index (χ3v) is 3.06. The summed E-state index contributed by atoms with van der Waals surface area (Å²) >= 11 is 1.73. The minimum atomic E-state index is 0.722. The zero-order valence-electron chi connectivity index (χ0n) is 8.39. The van der Waals surface area contributed by atoms with Crippen LogP contribution in [0.1, 0.15) is 17.5 Å². The van der Waals surface area contributed by atoms with Gasteiger partial charge in [0.1, 0.15) is 0 Å². The quantitative estimate of drug-likeness (QED) is 0.739. The number of nitrogens with one attached hydrogen (secondary N) is 1. The summed E-state index contributed by atoms with van der Waals surface area (Å²) in [5.41, 5.74) is 1.15. The maximum Gasteiger partial charge on any atom is 0.183 e. The van der Waals surface area contributed by atoms with Crippen molar-refractivity contribution in [1.29, 1.82) is 0 Å². The van der Waals surface area contributed by atoms with Gasteiger partial charge in [0.25, 0.3) is 0 Å². The molecular formula is C9H16N2OS. The van der Waals surface area contributed by atoms with Crippen molar-refractivity contribution >= 4 is 16.5 Å². The molecule has 1 N–H and O–H groups in total. The van der Waals surface area contributed by atoms with Gasteiger partial charge in [-0.15, -0.1) is 11.3 Å². The van der Waals surface area contributed by atoms with Crippen LogP contribution < -0.4 is 5.32 Å². The fourth-order valence-electron chi connectivity index (χ4n) is 1.09. The number of rotatable bonds is 5. The van der Waals surface area contributed by atoms with Crippen molar-refractivity contribution in [2.75, 3.05) is 25.6 Å². The maximum atomic E-state index is 4.94. The molecule has 3 nitrogen and oxygen atoms in total. The number of aryl methyl sites for hydroxylation is 2. The Morgan fingerprint density at radius 3 is 2.85 bits per heavy atom. The third kappa shape index (κ3) is 2.97. The molecular weight excluding hydrogens is 184 g/mol. The average molecular weight is 200 g/mol. The van der Waals surface area contributed by atoms with Crippen LogP contribution in [0.4, 0.5) is 5.13 Å². The van der Waals surface area contributed by atoms with E-state index < -0.39 is 0 Å². The van der Waals surface area contributed by atoms with Crippen LogP contribution in [0, 0.1) is 6.92 Å². The van der Waals surface area contributed by atoms with Crippen molar-refractivity contribution < 1.29 is 4.74 Å². The predicted molar refractivity (Wildman–Crippen MR) is 56.6 cm³/mol. The Hall–Kier alpha value is -0.610. The number of thiazole rings is 1. The molecule has 0 spiro atoms. The highest BCUT2D eigenvalue weighted by Gasteiger charge is 2.04. The molecule has 0 saturated carbocycles. The van der Waals surface area contributed by atoms with Gasteiger partial charge < -0.3 is 10.1 Å². The second kappa shape index (κ2) is 5.19. The number of methoxy groups -OCH3 is 1. The minimum Gasteiger partial charge on any atom is -0.383 e. The zero-order chi connectivity index (χ0) is 9.68. The summed E-state index contributed by atoms with van der Waals surface area (Å²) < 4.78 is 4.94. The molecule has 0 aliphatic carbocycles. The van der Waals surface area contributed by atoms with Crippen molar-refractivity contribution in [3.63, 3.8) is 0 Å². The van der Waals surface area contributed by atoms with E-state index in [9.17, 15) is 0 Å². The summed E-state index contributed by atoms with van der Waals surface area (Å²) in [4.78, 5) is 5.77. The Labute approximate surface area is 83.1 Å². The smallest absolute Gasteiger partial charge is 0.183 e. The summed E-state index contributed by atoms with van der Waals surface area (Å²) in [6, 6.07) is 0. The van der Waals surface area contributed by atoms with Crippen LogP contribution in [0.2, 0.25) is 0 Å². The second-order valence-corrected chi connectivity index (χ2v) is 3.88. The Morgan fingerprint density at radius 2 is 2.31 bits per heavy atom. The van der Waals surface area contributed by atoms with E-state index in [1.807, 2.05) is 0 Å². The lowest BCUT2D eigenvalue weighted by Gasteiger charge is -1.99. The highest BCUT2D eigenvalue weighted by Crippen LogP contribution is 2.22. The van der Waals surface area contributed by atoms with Gasteiger partial charge in [0.15, 0.2) is 5.13 Å². The molecule has 4 heteroatoms. The largest absolute Gasteiger partial charge is 0.383 e. The first-order valence-electron chi connectivity index (χ1n) is 4.47. The standard InChI is InChI=1S/C9H16N2OS/c1-4-8-7(2)11-9(13-8)10-5-6-12-3/h4-6H2,1-3H3,(H,10,11). The third-order valence-electron chi connectivity index (χ3n) is 1.80. The molecule has 1 aromatic rings. The number of hydrogen-bond donors (Lipinski definition) is 1. The molecule has 0 aliphatic rings. The summed E-state index contributed by atoms with van der Waals surface area (Å²) in [7, 11) is 1.70. The topological polar surface area (TPSA) is 34.1 Å². The van der Waals surface area contributed by atoms with Crippen molar-refractivity contribution in [3.05, 3.63) is 10.6 Å². The molecule has 0 saturated heterocycles. The molecule has 13 heavy (non-hydrogen) atoms. The van der Waals surface area contributed by atoms with Crippen LogP contribution in [0.15, 0.2) is 0 Å². The summed E-state index contributed by atoms with van der Waals surface area (Å²) in [6.07, 6.45) is 1.06. The molecule has 0 unspecified atom stereocenters. The van der Waals surface area contributed by atoms with Gasteiger partial charge in [-0.1, -0.05) is 6.92 Å². The molecule has 0 aromatic carbocycles. The number of anilines is 1. The number of ether oxygens (including phenoxy) is 1. The maximum absolute atomic E-state index is 4.94. The fourth-order valence-corrected chi connectivity index (χ4v) is 2.02. The summed E-state index contributed by atoms with van der Waals surface area (Å²) in [5, 5.41) is 4.23. The van der Waals surface area contributed by atoms with Gasteiger partial charge in [0, 0.05) is 18.5 Å². The van der Waals surface area contributed by atoms with E-state index in [1.165, 1.54) is 4.88 Å². The lowest BCUT2D eigenvalue weighted by Crippen LogP contribution is -2.06. The normalized spacial score (nSPS) is 10.4. The van der Waals surface area contributed by atoms with Gasteiger partial charge >= 0.3 is 0 Å². The molecule has 0 radical (unpaired) electrons. The van der Waals surface area contributed by atoms with Crippen molar-refractivity contribution in [2.24, 2.45) is 0 Å². The molecule has 0 amide bonds. The predicted octanol–water partition coefficient (Wildman–Crippen LogP) is 2.07. The van der Waals surface area contributed by atoms with Crippen LogP contribution in [0.5, 0.6) is 0 Å². The van der Waals surface area contributed by atoms with E-state index in [0.29, 0.717) is 0 Å². The monoisotopic (exact) mass is 200 g/mol. The fraction of sp³-hybridized carbons (Fsp3) is 0.667. The molecule has 1 rings (SSSR count). The van der Waals surface area contributed by atoms with Crippen LogP contribution in [-0.4, -0.2) is 25.2 Å². The van der Waals surface area contributed by atoms with E-state index in [1.54, 1.807) is 18.4 Å². The zero-order valence-corrected chi connectivity index (χ0v) is 9.20. The number of hydrogen-bond acceptors (Lipinski definition) is 4. The van der Waals surface area contributed by atoms with Crippen LogP contribution in [0.25, 0.3) is 0 Å². The lowest BCUT2D eigenvalue weighted by atomic mass is 10.3. The van der Waals surface area contributed by atoms with Crippen LogP contribution in [-0.2, 0) is 11.2 Å². The number of nitrogens with zero attached hydrogens (tertiary/aromatic N) is 1. The lowest BCUT2D eigenvalue weighted by molar-refractivity contribution is 0.211. The Balaban J connectivity index is 2.48. The van der Waals surface area contributed by atoms with E-state index in [-0.39, 0.29) is 0 Å². The Morgan fingerprint density at radius 1 is 1.54 bits per heavy atom. The summed E-state index contributed by atoms with van der Waals surface area (Å²) in [6.45, 7) is 5.75. The van der Waals surface area contributed by atoms with Crippen LogP contribution >= 0.6 is 11.3 Å². The molecule has 0 bridgehead atoms. The first kappa shape index (κ1) is 10.5. The van der Waals surface area contributed by atoms with Gasteiger partial charge in [0.2, 0.25) is 0 Å². The van der Waals surface area contributed by atoms with Crippen molar-refractivity contribution in [2.45, 2.75) is 20.3 Å². The van der Waals surface area contributed by atoms with E-state index in [4.69, 9.17) is 4.74 Å². The first-order chi connectivity index (χ1) is 6.27. The molecule has 1 heterocycles. The van der Waals surface area contributed by atoms with Gasteiger partial charge in [-0.2, -0.15) is 0 Å². The molecule has 0 atom stereocenters. The molecule has 0 fully saturated rings. The van der Waals surface area contributed by atoms with Crippen LogP contribution in [0.3, 0.4) is 0 Å². The van der Waals surface area contributed by atoms with E-state index >= 15 is 0 Å². The average Bonchev–Trinajstić information content (AvgIpc) is 2.47. The first-order valence-corrected chi connectivity index (χ1v) is 5.28. The van der Waals surface area contributed by atoms with Crippen molar-refractivity contribution in [1.82, 2.24) is 4.98 Å². The summed E-state index contributed by atoms with van der Waals surface area (Å²) in [5.74, 6) is 0. The molecule has 74 valence electrons. The minimum absolute atomic E-state index is 0.722. The van der Waals surface area contributed by atoms with E-state index in [2.05, 4.69) is 24.1 Å². The van der Waals surface area contributed by atoms with Gasteiger partial charge in [-0.25, -0.2) is 4.98 Å². The Kier molecular flexibility index (Phi) is 4.18. The van der Waals surface area contributed by atoms with Gasteiger partial charge in [0.05, 0.1) is 12.3 Å². The second-order valence-electron chi connectivity index (χ2n) is 2.80. The highest BCUT2D eigenvalue weighted by atomic mass is 32.1.